The standard InChI is InChI=1S/C19H20ClN3O2S/c1-3-25-16-8-12(13(20)9-15(16)24)18-17(14-6-4-5-7-21-14)22-19-23(18)10-11(2)26-19/h4-9,11,17-18,24H,3,10H2,1-2H3/t11-,17+,18+/m0/s1. The zero-order valence-electron chi connectivity index (χ0n) is 14.6. The van der Waals surface area contributed by atoms with E-state index in [-0.39, 0.29) is 17.8 Å². The van der Waals surface area contributed by atoms with E-state index in [0.717, 1.165) is 23.0 Å². The van der Waals surface area contributed by atoms with E-state index in [4.69, 9.17) is 21.3 Å². The Bertz CT molecular complexity index is 846. The van der Waals surface area contributed by atoms with E-state index in [9.17, 15) is 5.11 Å². The molecule has 2 aliphatic heterocycles. The number of halogens is 1. The number of aromatic nitrogens is 1. The molecule has 0 saturated carbocycles. The highest BCUT2D eigenvalue weighted by Crippen LogP contribution is 2.50. The van der Waals surface area contributed by atoms with E-state index >= 15 is 0 Å². The van der Waals surface area contributed by atoms with Gasteiger partial charge in [0, 0.05) is 29.1 Å². The molecular weight excluding hydrogens is 370 g/mol. The summed E-state index contributed by atoms with van der Waals surface area (Å²) in [6.07, 6.45) is 1.79. The van der Waals surface area contributed by atoms with Crippen LogP contribution in [-0.2, 0) is 0 Å². The van der Waals surface area contributed by atoms with Gasteiger partial charge in [0.25, 0.3) is 0 Å². The Balaban J connectivity index is 1.81. The molecule has 136 valence electrons. The Morgan fingerprint density at radius 2 is 2.23 bits per heavy atom. The van der Waals surface area contributed by atoms with Crippen LogP contribution in [-0.4, -0.2) is 38.6 Å². The molecule has 2 aromatic rings. The fraction of sp³-hybridized carbons (Fsp3) is 0.368. The van der Waals surface area contributed by atoms with Crippen molar-refractivity contribution in [1.82, 2.24) is 9.88 Å². The Labute approximate surface area is 162 Å². The van der Waals surface area contributed by atoms with Crippen molar-refractivity contribution in [3.8, 4) is 11.5 Å². The van der Waals surface area contributed by atoms with Crippen LogP contribution in [0.15, 0.2) is 41.5 Å². The van der Waals surface area contributed by atoms with Gasteiger partial charge in [0.15, 0.2) is 16.7 Å². The Morgan fingerprint density at radius 3 is 2.96 bits per heavy atom. The minimum atomic E-state index is -0.136. The lowest BCUT2D eigenvalue weighted by atomic mass is 9.96. The number of ether oxygens (including phenoxy) is 1. The van der Waals surface area contributed by atoms with Crippen molar-refractivity contribution in [1.29, 1.82) is 0 Å². The second-order valence-corrected chi connectivity index (χ2v) is 8.22. The first-order valence-electron chi connectivity index (χ1n) is 8.65. The van der Waals surface area contributed by atoms with Gasteiger partial charge in [-0.15, -0.1) is 0 Å². The molecule has 1 aromatic heterocycles. The zero-order chi connectivity index (χ0) is 18.3. The molecule has 0 amide bonds. The molecule has 0 spiro atoms. The van der Waals surface area contributed by atoms with Gasteiger partial charge in [0.05, 0.1) is 18.3 Å². The smallest absolute Gasteiger partial charge is 0.161 e. The highest BCUT2D eigenvalue weighted by molar-refractivity contribution is 8.14. The number of phenols is 1. The lowest BCUT2D eigenvalue weighted by Crippen LogP contribution is -2.28. The normalized spacial score (nSPS) is 24.5. The number of hydrogen-bond donors (Lipinski definition) is 1. The van der Waals surface area contributed by atoms with Crippen molar-refractivity contribution in [3.05, 3.63) is 52.8 Å². The molecule has 0 unspecified atom stereocenters. The summed E-state index contributed by atoms with van der Waals surface area (Å²) in [5, 5.41) is 12.1. The lowest BCUT2D eigenvalue weighted by Gasteiger charge is -2.28. The SMILES string of the molecule is CCOc1cc([C@@H]2[C@@H](c3ccccn3)N=C3S[C@@H](C)CN32)c(Cl)cc1O. The Morgan fingerprint density at radius 1 is 1.38 bits per heavy atom. The summed E-state index contributed by atoms with van der Waals surface area (Å²) in [5.41, 5.74) is 1.81. The molecule has 0 aliphatic carbocycles. The number of thioether (sulfide) groups is 1. The number of nitrogens with zero attached hydrogens (tertiary/aromatic N) is 3. The zero-order valence-corrected chi connectivity index (χ0v) is 16.2. The molecule has 3 heterocycles. The van der Waals surface area contributed by atoms with Crippen molar-refractivity contribution in [2.75, 3.05) is 13.2 Å². The molecule has 4 rings (SSSR count). The average Bonchev–Trinajstić information content (AvgIpc) is 3.14. The third-order valence-corrected chi connectivity index (χ3v) is 6.01. The van der Waals surface area contributed by atoms with Crippen molar-refractivity contribution < 1.29 is 9.84 Å². The fourth-order valence-electron chi connectivity index (χ4n) is 3.51. The summed E-state index contributed by atoms with van der Waals surface area (Å²) in [6.45, 7) is 5.46. The number of fused-ring (bicyclic) bond motifs is 1. The van der Waals surface area contributed by atoms with Gasteiger partial charge in [0.2, 0.25) is 0 Å². The second-order valence-electron chi connectivity index (χ2n) is 6.41. The van der Waals surface area contributed by atoms with Crippen molar-refractivity contribution >= 4 is 28.5 Å². The maximum atomic E-state index is 10.1. The molecule has 3 atom stereocenters. The van der Waals surface area contributed by atoms with E-state index in [1.165, 1.54) is 0 Å². The number of hydrogen-bond acceptors (Lipinski definition) is 6. The molecule has 2 aliphatic rings. The number of phenolic OH excluding ortho intramolecular Hbond substituents is 1. The van der Waals surface area contributed by atoms with Gasteiger partial charge in [-0.05, 0) is 30.7 Å². The number of benzene rings is 1. The van der Waals surface area contributed by atoms with Crippen LogP contribution in [0.25, 0.3) is 0 Å². The van der Waals surface area contributed by atoms with E-state index in [0.29, 0.717) is 22.6 Å². The first-order chi connectivity index (χ1) is 12.6. The first-order valence-corrected chi connectivity index (χ1v) is 9.91. The van der Waals surface area contributed by atoms with Gasteiger partial charge in [-0.2, -0.15) is 0 Å². The van der Waals surface area contributed by atoms with Crippen molar-refractivity contribution in [2.24, 2.45) is 4.99 Å². The summed E-state index contributed by atoms with van der Waals surface area (Å²) < 4.78 is 5.58. The minimum Gasteiger partial charge on any atom is -0.504 e. The van der Waals surface area contributed by atoms with Crippen LogP contribution in [0.1, 0.15) is 37.2 Å². The highest BCUT2D eigenvalue weighted by atomic mass is 35.5. The predicted molar refractivity (Wildman–Crippen MR) is 105 cm³/mol. The van der Waals surface area contributed by atoms with Gasteiger partial charge in [-0.3, -0.25) is 9.98 Å². The molecule has 0 bridgehead atoms. The Hall–Kier alpha value is -1.92. The lowest BCUT2D eigenvalue weighted by molar-refractivity contribution is 0.306. The van der Waals surface area contributed by atoms with Gasteiger partial charge in [0.1, 0.15) is 6.04 Å². The summed E-state index contributed by atoms with van der Waals surface area (Å²) in [7, 11) is 0. The molecule has 5 nitrogen and oxygen atoms in total. The van der Waals surface area contributed by atoms with Crippen LogP contribution in [0, 0.1) is 0 Å². The van der Waals surface area contributed by atoms with Crippen LogP contribution in [0.4, 0.5) is 0 Å². The van der Waals surface area contributed by atoms with E-state index < -0.39 is 0 Å². The predicted octanol–water partition coefficient (Wildman–Crippen LogP) is 4.43. The molecule has 1 fully saturated rings. The number of pyridine rings is 1. The summed E-state index contributed by atoms with van der Waals surface area (Å²) in [5.74, 6) is 0.498. The molecule has 0 radical (unpaired) electrons. The topological polar surface area (TPSA) is 58.0 Å². The second kappa shape index (κ2) is 7.00. The molecule has 1 saturated heterocycles. The van der Waals surface area contributed by atoms with Crippen LogP contribution in [0.5, 0.6) is 11.5 Å². The van der Waals surface area contributed by atoms with Crippen LogP contribution in [0.3, 0.4) is 0 Å². The maximum Gasteiger partial charge on any atom is 0.161 e. The van der Waals surface area contributed by atoms with Crippen molar-refractivity contribution in [2.45, 2.75) is 31.2 Å². The Kier molecular flexibility index (Phi) is 4.71. The number of rotatable bonds is 4. The first kappa shape index (κ1) is 17.5. The summed E-state index contributed by atoms with van der Waals surface area (Å²) in [6, 6.07) is 9.07. The minimum absolute atomic E-state index is 0.0540. The largest absolute Gasteiger partial charge is 0.504 e. The molecule has 1 aromatic carbocycles. The maximum absolute atomic E-state index is 10.1. The summed E-state index contributed by atoms with van der Waals surface area (Å²) >= 11 is 8.32. The van der Waals surface area contributed by atoms with Crippen molar-refractivity contribution in [3.63, 3.8) is 0 Å². The van der Waals surface area contributed by atoms with Crippen LogP contribution in [0.2, 0.25) is 5.02 Å². The van der Waals surface area contributed by atoms with Gasteiger partial charge in [-0.25, -0.2) is 0 Å². The highest BCUT2D eigenvalue weighted by Gasteiger charge is 2.44. The summed E-state index contributed by atoms with van der Waals surface area (Å²) in [4.78, 5) is 11.8. The van der Waals surface area contributed by atoms with Gasteiger partial charge >= 0.3 is 0 Å². The molecule has 1 N–H and O–H groups in total. The van der Waals surface area contributed by atoms with Crippen LogP contribution >= 0.6 is 23.4 Å². The quantitative estimate of drug-likeness (QED) is 0.838. The van der Waals surface area contributed by atoms with Gasteiger partial charge in [-0.1, -0.05) is 36.4 Å². The molecular formula is C19H20ClN3O2S. The van der Waals surface area contributed by atoms with E-state index in [1.807, 2.05) is 31.2 Å². The van der Waals surface area contributed by atoms with Crippen LogP contribution < -0.4 is 4.74 Å². The molecule has 7 heteroatoms. The molecule has 26 heavy (non-hydrogen) atoms. The van der Waals surface area contributed by atoms with Gasteiger partial charge < -0.3 is 14.7 Å². The third kappa shape index (κ3) is 3.01. The van der Waals surface area contributed by atoms with E-state index in [1.54, 1.807) is 24.0 Å². The monoisotopic (exact) mass is 389 g/mol. The number of amidine groups is 1. The average molecular weight is 390 g/mol. The fourth-order valence-corrected chi connectivity index (χ4v) is 4.87. The number of aromatic hydroxyl groups is 1. The number of aliphatic imine (C=N–C) groups is 1. The van der Waals surface area contributed by atoms with E-state index in [2.05, 4.69) is 16.8 Å². The third-order valence-electron chi connectivity index (χ3n) is 4.58.